The van der Waals surface area contributed by atoms with Crippen molar-refractivity contribution in [3.8, 4) is 0 Å². The van der Waals surface area contributed by atoms with Gasteiger partial charge >= 0.3 is 0 Å². The van der Waals surface area contributed by atoms with E-state index in [2.05, 4.69) is 0 Å². The summed E-state index contributed by atoms with van der Waals surface area (Å²) < 4.78 is 13.6. The number of carbonyl (C=O) groups excluding carboxylic acids is 1. The van der Waals surface area contributed by atoms with Crippen molar-refractivity contribution in [2.45, 2.75) is 51.1 Å². The summed E-state index contributed by atoms with van der Waals surface area (Å²) in [6.45, 7) is 0.268. The van der Waals surface area contributed by atoms with Gasteiger partial charge in [0.2, 0.25) is 5.91 Å². The second-order valence-electron chi connectivity index (χ2n) is 6.13. The first-order valence-corrected chi connectivity index (χ1v) is 7.82. The Hall–Kier alpha value is -1.42. The molecule has 1 amide bonds. The Kier molecular flexibility index (Phi) is 5.74. The van der Waals surface area contributed by atoms with Gasteiger partial charge in [0.05, 0.1) is 6.04 Å². The lowest BCUT2D eigenvalue weighted by atomic mass is 9.85. The number of hydrogen-bond donors (Lipinski definition) is 1. The van der Waals surface area contributed by atoms with Crippen molar-refractivity contribution < 1.29 is 9.18 Å². The molecule has 1 fully saturated rings. The van der Waals surface area contributed by atoms with Gasteiger partial charge < -0.3 is 10.6 Å². The predicted octanol–water partition coefficient (Wildman–Crippen LogP) is 3.08. The highest BCUT2D eigenvalue weighted by molar-refractivity contribution is 5.81. The first-order chi connectivity index (χ1) is 10.1. The average molecular weight is 292 g/mol. The largest absolute Gasteiger partial charge is 0.340 e. The van der Waals surface area contributed by atoms with E-state index in [1.54, 1.807) is 25.2 Å². The third-order valence-electron chi connectivity index (χ3n) is 4.37. The Morgan fingerprint density at radius 2 is 2.00 bits per heavy atom. The van der Waals surface area contributed by atoms with E-state index in [4.69, 9.17) is 5.73 Å². The number of nitrogens with zero attached hydrogens (tertiary/aromatic N) is 1. The molecule has 1 atom stereocenters. The summed E-state index contributed by atoms with van der Waals surface area (Å²) in [5.74, 6) is 0.196. The Morgan fingerprint density at radius 1 is 1.33 bits per heavy atom. The van der Waals surface area contributed by atoms with Crippen LogP contribution >= 0.6 is 0 Å². The highest BCUT2D eigenvalue weighted by Gasteiger charge is 2.23. The topological polar surface area (TPSA) is 46.3 Å². The number of hydrogen-bond acceptors (Lipinski definition) is 2. The highest BCUT2D eigenvalue weighted by Crippen LogP contribution is 2.27. The van der Waals surface area contributed by atoms with E-state index in [1.165, 1.54) is 43.1 Å². The van der Waals surface area contributed by atoms with Crippen LogP contribution in [0.3, 0.4) is 0 Å². The monoisotopic (exact) mass is 292 g/mol. The van der Waals surface area contributed by atoms with Gasteiger partial charge in [-0.15, -0.1) is 0 Å². The minimum absolute atomic E-state index is 0.0937. The number of amides is 1. The summed E-state index contributed by atoms with van der Waals surface area (Å²) in [6.07, 6.45) is 6.90. The van der Waals surface area contributed by atoms with Crippen molar-refractivity contribution in [1.29, 1.82) is 0 Å². The summed E-state index contributed by atoms with van der Waals surface area (Å²) in [5, 5.41) is 0. The van der Waals surface area contributed by atoms with E-state index in [9.17, 15) is 9.18 Å². The van der Waals surface area contributed by atoms with E-state index in [0.717, 1.165) is 6.42 Å². The molecule has 21 heavy (non-hydrogen) atoms. The van der Waals surface area contributed by atoms with Gasteiger partial charge in [-0.2, -0.15) is 0 Å². The van der Waals surface area contributed by atoms with E-state index in [-0.39, 0.29) is 18.3 Å². The maximum Gasteiger partial charge on any atom is 0.239 e. The van der Waals surface area contributed by atoms with Crippen molar-refractivity contribution in [3.63, 3.8) is 0 Å². The van der Waals surface area contributed by atoms with Crippen molar-refractivity contribution >= 4 is 5.91 Å². The molecule has 1 unspecified atom stereocenters. The van der Waals surface area contributed by atoms with Crippen LogP contribution in [0, 0.1) is 11.7 Å². The molecular formula is C17H25FN2O. The molecule has 0 saturated heterocycles. The summed E-state index contributed by atoms with van der Waals surface area (Å²) in [4.78, 5) is 13.8. The number of nitrogens with two attached hydrogens (primary N) is 1. The van der Waals surface area contributed by atoms with Crippen LogP contribution in [0.1, 0.15) is 44.1 Å². The zero-order valence-corrected chi connectivity index (χ0v) is 12.7. The molecule has 1 aromatic rings. The Bertz CT molecular complexity index is 472. The standard InChI is InChI=1S/C17H25FN2O/c1-20(12-14-9-5-6-10-15(14)18)17(21)16(19)11-13-7-3-2-4-8-13/h5-6,9-10,13,16H,2-4,7-8,11-12,19H2,1H3. The van der Waals surface area contributed by atoms with E-state index < -0.39 is 6.04 Å². The summed E-state index contributed by atoms with van der Waals surface area (Å²) in [6, 6.07) is 6.07. The van der Waals surface area contributed by atoms with Gasteiger partial charge in [-0.05, 0) is 18.4 Å². The second-order valence-corrected chi connectivity index (χ2v) is 6.13. The molecule has 2 N–H and O–H groups in total. The maximum absolute atomic E-state index is 13.6. The molecule has 0 radical (unpaired) electrons. The van der Waals surface area contributed by atoms with Gasteiger partial charge in [0.15, 0.2) is 0 Å². The summed E-state index contributed by atoms with van der Waals surface area (Å²) in [7, 11) is 1.69. The SMILES string of the molecule is CN(Cc1ccccc1F)C(=O)C(N)CC1CCCCC1. The van der Waals surface area contributed by atoms with Crippen LogP contribution in [-0.4, -0.2) is 23.9 Å². The van der Waals surface area contributed by atoms with Crippen LogP contribution in [0.25, 0.3) is 0 Å². The van der Waals surface area contributed by atoms with Crippen LogP contribution in [0.5, 0.6) is 0 Å². The molecule has 1 aliphatic carbocycles. The molecule has 3 nitrogen and oxygen atoms in total. The number of likely N-dealkylation sites (N-methyl/N-ethyl adjacent to an activating group) is 1. The number of rotatable bonds is 5. The van der Waals surface area contributed by atoms with E-state index >= 15 is 0 Å². The zero-order chi connectivity index (χ0) is 15.2. The predicted molar refractivity (Wildman–Crippen MR) is 82.0 cm³/mol. The lowest BCUT2D eigenvalue weighted by molar-refractivity contribution is -0.132. The van der Waals surface area contributed by atoms with Crippen LogP contribution in [0.15, 0.2) is 24.3 Å². The molecular weight excluding hydrogens is 267 g/mol. The second kappa shape index (κ2) is 7.55. The molecule has 0 spiro atoms. The smallest absolute Gasteiger partial charge is 0.239 e. The molecule has 0 aromatic heterocycles. The van der Waals surface area contributed by atoms with Crippen molar-refractivity contribution in [3.05, 3.63) is 35.6 Å². The average Bonchev–Trinajstić information content (AvgIpc) is 2.49. The zero-order valence-electron chi connectivity index (χ0n) is 12.7. The van der Waals surface area contributed by atoms with E-state index in [1.807, 2.05) is 0 Å². The number of carbonyl (C=O) groups is 1. The highest BCUT2D eigenvalue weighted by atomic mass is 19.1. The van der Waals surface area contributed by atoms with Gasteiger partial charge in [0.25, 0.3) is 0 Å². The first-order valence-electron chi connectivity index (χ1n) is 7.82. The third-order valence-corrected chi connectivity index (χ3v) is 4.37. The fourth-order valence-electron chi connectivity index (χ4n) is 3.13. The van der Waals surface area contributed by atoms with Gasteiger partial charge in [0, 0.05) is 19.2 Å². The molecule has 1 aromatic carbocycles. The molecule has 1 saturated carbocycles. The lowest BCUT2D eigenvalue weighted by Gasteiger charge is -2.27. The number of halogens is 1. The Morgan fingerprint density at radius 3 is 2.67 bits per heavy atom. The fourth-order valence-corrected chi connectivity index (χ4v) is 3.13. The van der Waals surface area contributed by atoms with Crippen molar-refractivity contribution in [1.82, 2.24) is 4.90 Å². The molecule has 0 aliphatic heterocycles. The Labute approximate surface area is 126 Å². The van der Waals surface area contributed by atoms with Crippen LogP contribution in [0.4, 0.5) is 4.39 Å². The first kappa shape index (κ1) is 16.0. The van der Waals surface area contributed by atoms with Crippen LogP contribution in [0.2, 0.25) is 0 Å². The molecule has 0 heterocycles. The van der Waals surface area contributed by atoms with Crippen LogP contribution in [-0.2, 0) is 11.3 Å². The fraction of sp³-hybridized carbons (Fsp3) is 0.588. The van der Waals surface area contributed by atoms with Gasteiger partial charge in [-0.25, -0.2) is 4.39 Å². The normalized spacial score (nSPS) is 17.5. The third kappa shape index (κ3) is 4.53. The van der Waals surface area contributed by atoms with Crippen LogP contribution < -0.4 is 5.73 Å². The maximum atomic E-state index is 13.6. The summed E-state index contributed by atoms with van der Waals surface area (Å²) >= 11 is 0. The molecule has 1 aliphatic rings. The quantitative estimate of drug-likeness (QED) is 0.906. The van der Waals surface area contributed by atoms with E-state index in [0.29, 0.717) is 11.5 Å². The Balaban J connectivity index is 1.87. The lowest BCUT2D eigenvalue weighted by Crippen LogP contribution is -2.42. The molecule has 4 heteroatoms. The molecule has 2 rings (SSSR count). The minimum atomic E-state index is -0.468. The summed E-state index contributed by atoms with van der Waals surface area (Å²) in [5.41, 5.74) is 6.58. The molecule has 0 bridgehead atoms. The number of benzene rings is 1. The molecule has 116 valence electrons. The van der Waals surface area contributed by atoms with Gasteiger partial charge in [-0.3, -0.25) is 4.79 Å². The van der Waals surface area contributed by atoms with Gasteiger partial charge in [0.1, 0.15) is 5.82 Å². The minimum Gasteiger partial charge on any atom is -0.340 e. The van der Waals surface area contributed by atoms with Gasteiger partial charge in [-0.1, -0.05) is 50.3 Å². The van der Waals surface area contributed by atoms with Crippen molar-refractivity contribution in [2.75, 3.05) is 7.05 Å². The van der Waals surface area contributed by atoms with Crippen molar-refractivity contribution in [2.24, 2.45) is 11.7 Å².